The predicted molar refractivity (Wildman–Crippen MR) is 95.1 cm³/mol. The van der Waals surface area contributed by atoms with Crippen molar-refractivity contribution >= 4 is 15.7 Å². The molecule has 1 N–H and O–H groups in total. The Morgan fingerprint density at radius 3 is 2.43 bits per heavy atom. The van der Waals surface area contributed by atoms with Crippen molar-refractivity contribution in [3.8, 4) is 0 Å². The van der Waals surface area contributed by atoms with E-state index in [0.717, 1.165) is 37.8 Å². The summed E-state index contributed by atoms with van der Waals surface area (Å²) in [5.41, 5.74) is 2.07. The zero-order valence-electron chi connectivity index (χ0n) is 14.2. The lowest BCUT2D eigenvalue weighted by Gasteiger charge is -2.21. The molecule has 5 heteroatoms. The Balaban J connectivity index is 2.00. The van der Waals surface area contributed by atoms with Crippen LogP contribution >= 0.6 is 0 Å². The van der Waals surface area contributed by atoms with Crippen molar-refractivity contribution < 1.29 is 8.42 Å². The normalized spacial score (nSPS) is 17.2. The topological polar surface area (TPSA) is 58.5 Å². The number of unbranched alkanes of at least 4 members (excludes halogenated alkanes) is 1. The smallest absolute Gasteiger partial charge is 0.200 e. The summed E-state index contributed by atoms with van der Waals surface area (Å²) in [5.74, 6) is 0.419. The lowest BCUT2D eigenvalue weighted by molar-refractivity contribution is 0.437. The van der Waals surface area contributed by atoms with Crippen molar-refractivity contribution in [2.75, 3.05) is 0 Å². The van der Waals surface area contributed by atoms with Crippen molar-refractivity contribution in [1.82, 2.24) is 4.83 Å². The fraction of sp³-hybridized carbons (Fsp3) is 0.611. The van der Waals surface area contributed by atoms with Crippen LogP contribution in [-0.4, -0.2) is 14.1 Å². The van der Waals surface area contributed by atoms with Gasteiger partial charge in [0.1, 0.15) is 0 Å². The molecule has 0 aliphatic heterocycles. The van der Waals surface area contributed by atoms with E-state index < -0.39 is 10.0 Å². The van der Waals surface area contributed by atoms with Gasteiger partial charge in [-0.2, -0.15) is 13.5 Å². The van der Waals surface area contributed by atoms with Crippen molar-refractivity contribution in [1.29, 1.82) is 0 Å². The van der Waals surface area contributed by atoms with Crippen LogP contribution in [0.4, 0.5) is 0 Å². The molecule has 1 aromatic carbocycles. The molecule has 1 saturated carbocycles. The number of hydrazone groups is 1. The van der Waals surface area contributed by atoms with Crippen LogP contribution in [-0.2, 0) is 16.4 Å². The molecule has 128 valence electrons. The average molecular weight is 337 g/mol. The van der Waals surface area contributed by atoms with Gasteiger partial charge < -0.3 is 0 Å². The summed E-state index contributed by atoms with van der Waals surface area (Å²) < 4.78 is 24.7. The Bertz CT molecular complexity index is 615. The van der Waals surface area contributed by atoms with Crippen LogP contribution in [0, 0.1) is 5.92 Å². The molecule has 0 unspecified atom stereocenters. The largest absolute Gasteiger partial charge is 0.276 e. The van der Waals surface area contributed by atoms with Crippen LogP contribution in [0.25, 0.3) is 0 Å². The summed E-state index contributed by atoms with van der Waals surface area (Å²) in [6, 6.07) is 7.11. The maximum atomic E-state index is 12.3. The van der Waals surface area contributed by atoms with Gasteiger partial charge in [0, 0.05) is 5.71 Å². The van der Waals surface area contributed by atoms with Crippen LogP contribution in [0.1, 0.15) is 64.4 Å². The third-order valence-corrected chi connectivity index (χ3v) is 5.82. The molecule has 0 amide bonds. The van der Waals surface area contributed by atoms with Gasteiger partial charge >= 0.3 is 0 Å². The van der Waals surface area contributed by atoms with E-state index in [1.807, 2.05) is 19.1 Å². The maximum Gasteiger partial charge on any atom is 0.276 e. The highest BCUT2D eigenvalue weighted by Crippen LogP contribution is 2.24. The minimum absolute atomic E-state index is 0.276. The molecule has 1 fully saturated rings. The second-order valence-electron chi connectivity index (χ2n) is 6.43. The molecule has 0 heterocycles. The molecule has 1 aliphatic carbocycles. The quantitative estimate of drug-likeness (QED) is 0.597. The van der Waals surface area contributed by atoms with Crippen molar-refractivity contribution in [3.05, 3.63) is 29.8 Å². The second kappa shape index (κ2) is 8.48. The van der Waals surface area contributed by atoms with E-state index in [-0.39, 0.29) is 4.90 Å². The van der Waals surface area contributed by atoms with Gasteiger partial charge in [-0.1, -0.05) is 44.7 Å². The van der Waals surface area contributed by atoms with Gasteiger partial charge in [-0.15, -0.1) is 0 Å². The lowest BCUT2D eigenvalue weighted by atomic mass is 9.86. The van der Waals surface area contributed by atoms with Crippen molar-refractivity contribution in [2.45, 2.75) is 70.1 Å². The Hall–Kier alpha value is -1.36. The number of nitrogens with one attached hydrogen (secondary N) is 1. The summed E-state index contributed by atoms with van der Waals surface area (Å²) in [6.07, 6.45) is 9.18. The molecule has 0 spiro atoms. The molecule has 1 aliphatic rings. The number of aryl methyl sites for hydroxylation is 1. The zero-order chi connectivity index (χ0) is 16.7. The van der Waals surface area contributed by atoms with Gasteiger partial charge in [0.05, 0.1) is 4.90 Å². The van der Waals surface area contributed by atoms with Crippen LogP contribution in [0.3, 0.4) is 0 Å². The molecular weight excluding hydrogens is 308 g/mol. The molecular formula is C18H28N2O2S. The summed E-state index contributed by atoms with van der Waals surface area (Å²) >= 11 is 0. The van der Waals surface area contributed by atoms with E-state index in [9.17, 15) is 8.42 Å². The van der Waals surface area contributed by atoms with Crippen LogP contribution in [0.2, 0.25) is 0 Å². The van der Waals surface area contributed by atoms with E-state index in [1.165, 1.54) is 24.8 Å². The number of hydrogen-bond donors (Lipinski definition) is 1. The van der Waals surface area contributed by atoms with Crippen LogP contribution < -0.4 is 4.83 Å². The van der Waals surface area contributed by atoms with Crippen LogP contribution in [0.5, 0.6) is 0 Å². The third kappa shape index (κ3) is 5.34. The SMILES string of the molecule is CCCCc1ccc(S(=O)(=O)N/N=C(\C)C2CCCCC2)cc1. The Labute approximate surface area is 140 Å². The highest BCUT2D eigenvalue weighted by molar-refractivity contribution is 7.89. The zero-order valence-corrected chi connectivity index (χ0v) is 15.0. The molecule has 0 bridgehead atoms. The van der Waals surface area contributed by atoms with Crippen molar-refractivity contribution in [3.63, 3.8) is 0 Å². The standard InChI is InChI=1S/C18H28N2O2S/c1-3-4-8-16-11-13-18(14-12-16)23(21,22)20-19-15(2)17-9-6-5-7-10-17/h11-14,17,20H,3-10H2,1-2H3/b19-15+. The maximum absolute atomic E-state index is 12.3. The van der Waals surface area contributed by atoms with Gasteiger partial charge in [-0.25, -0.2) is 4.83 Å². The van der Waals surface area contributed by atoms with E-state index in [4.69, 9.17) is 0 Å². The first-order chi connectivity index (χ1) is 11.0. The first-order valence-electron chi connectivity index (χ1n) is 8.68. The molecule has 23 heavy (non-hydrogen) atoms. The fourth-order valence-electron chi connectivity index (χ4n) is 3.01. The van der Waals surface area contributed by atoms with Crippen molar-refractivity contribution in [2.24, 2.45) is 11.0 Å². The molecule has 0 radical (unpaired) electrons. The number of hydrogen-bond acceptors (Lipinski definition) is 3. The highest BCUT2D eigenvalue weighted by atomic mass is 32.2. The monoisotopic (exact) mass is 336 g/mol. The third-order valence-electron chi connectivity index (χ3n) is 4.59. The van der Waals surface area contributed by atoms with E-state index >= 15 is 0 Å². The van der Waals surface area contributed by atoms with E-state index in [2.05, 4.69) is 16.9 Å². The average Bonchev–Trinajstić information content (AvgIpc) is 2.59. The minimum Gasteiger partial charge on any atom is -0.200 e. The highest BCUT2D eigenvalue weighted by Gasteiger charge is 2.18. The van der Waals surface area contributed by atoms with Crippen LogP contribution in [0.15, 0.2) is 34.3 Å². The summed E-state index contributed by atoms with van der Waals surface area (Å²) in [6.45, 7) is 4.07. The molecule has 0 saturated heterocycles. The number of nitrogens with zero attached hydrogens (tertiary/aromatic N) is 1. The van der Waals surface area contributed by atoms with Gasteiger partial charge in [-0.3, -0.25) is 0 Å². The lowest BCUT2D eigenvalue weighted by Crippen LogP contribution is -2.23. The Morgan fingerprint density at radius 2 is 1.83 bits per heavy atom. The first-order valence-corrected chi connectivity index (χ1v) is 10.2. The molecule has 1 aromatic rings. The molecule has 0 aromatic heterocycles. The summed E-state index contributed by atoms with van der Waals surface area (Å²) in [4.78, 5) is 2.67. The molecule has 0 atom stereocenters. The number of rotatable bonds is 7. The fourth-order valence-corrected chi connectivity index (χ4v) is 3.88. The summed E-state index contributed by atoms with van der Waals surface area (Å²) in [5, 5.41) is 4.15. The van der Waals surface area contributed by atoms with Gasteiger partial charge in [-0.05, 0) is 56.2 Å². The number of sulfonamides is 1. The Kier molecular flexibility index (Phi) is 6.63. The molecule has 2 rings (SSSR count). The van der Waals surface area contributed by atoms with Gasteiger partial charge in [0.15, 0.2) is 0 Å². The Morgan fingerprint density at radius 1 is 1.17 bits per heavy atom. The number of benzene rings is 1. The van der Waals surface area contributed by atoms with E-state index in [0.29, 0.717) is 5.92 Å². The predicted octanol–water partition coefficient (Wildman–Crippen LogP) is 4.26. The molecule has 4 nitrogen and oxygen atoms in total. The van der Waals surface area contributed by atoms with Gasteiger partial charge in [0.2, 0.25) is 0 Å². The summed E-state index contributed by atoms with van der Waals surface area (Å²) in [7, 11) is -3.57. The van der Waals surface area contributed by atoms with E-state index in [1.54, 1.807) is 12.1 Å². The van der Waals surface area contributed by atoms with Gasteiger partial charge in [0.25, 0.3) is 10.0 Å². The second-order valence-corrected chi connectivity index (χ2v) is 8.09. The first kappa shape index (κ1) is 18.0. The minimum atomic E-state index is -3.57.